The van der Waals surface area contributed by atoms with Crippen LogP contribution >= 0.6 is 22.9 Å². The quantitative estimate of drug-likeness (QED) is 0.575. The summed E-state index contributed by atoms with van der Waals surface area (Å²) in [6.07, 6.45) is 0. The number of hydrogen-bond donors (Lipinski definition) is 2. The minimum absolute atomic E-state index is 0.149. The van der Waals surface area contributed by atoms with E-state index in [0.717, 1.165) is 11.4 Å². The summed E-state index contributed by atoms with van der Waals surface area (Å²) >= 11 is 7.13. The molecule has 0 unspecified atom stereocenters. The Bertz CT molecular complexity index is 1110. The van der Waals surface area contributed by atoms with Crippen LogP contribution in [0.1, 0.15) is 10.5 Å². The molecular formula is C22H22ClN5O3S. The first kappa shape index (κ1) is 21.9. The van der Waals surface area contributed by atoms with E-state index in [4.69, 9.17) is 16.3 Å². The third-order valence-electron chi connectivity index (χ3n) is 5.02. The number of ether oxygens (including phenoxy) is 1. The van der Waals surface area contributed by atoms with E-state index >= 15 is 0 Å². The van der Waals surface area contributed by atoms with Gasteiger partial charge < -0.3 is 19.9 Å². The Balaban J connectivity index is 1.32. The second-order valence-corrected chi connectivity index (χ2v) is 8.37. The lowest BCUT2D eigenvalue weighted by Crippen LogP contribution is -2.49. The van der Waals surface area contributed by atoms with E-state index in [1.54, 1.807) is 41.7 Å². The van der Waals surface area contributed by atoms with Crippen molar-refractivity contribution in [2.24, 2.45) is 0 Å². The predicted octanol–water partition coefficient (Wildman–Crippen LogP) is 4.41. The number of aromatic nitrogens is 1. The van der Waals surface area contributed by atoms with Crippen molar-refractivity contribution < 1.29 is 14.3 Å². The maximum Gasteiger partial charge on any atom is 0.325 e. The number of urea groups is 1. The average Bonchev–Trinajstić information content (AvgIpc) is 3.27. The molecule has 2 N–H and O–H groups in total. The molecule has 166 valence electrons. The Morgan fingerprint density at radius 1 is 1.06 bits per heavy atom. The minimum atomic E-state index is -0.453. The molecule has 0 radical (unpaired) electrons. The van der Waals surface area contributed by atoms with Gasteiger partial charge in [0, 0.05) is 42.3 Å². The number of nitrogens with zero attached hydrogens (tertiary/aromatic N) is 3. The van der Waals surface area contributed by atoms with Gasteiger partial charge in [-0.3, -0.25) is 10.1 Å². The number of rotatable bonds is 5. The van der Waals surface area contributed by atoms with Crippen molar-refractivity contribution in [3.05, 3.63) is 64.6 Å². The largest absolute Gasteiger partial charge is 0.495 e. The lowest BCUT2D eigenvalue weighted by Gasteiger charge is -2.36. The summed E-state index contributed by atoms with van der Waals surface area (Å²) in [4.78, 5) is 33.3. The number of para-hydroxylation sites is 2. The number of carbonyl (C=O) groups excluding carboxylic acids is 2. The summed E-state index contributed by atoms with van der Waals surface area (Å²) < 4.78 is 5.44. The van der Waals surface area contributed by atoms with Crippen molar-refractivity contribution in [3.8, 4) is 5.75 Å². The molecule has 32 heavy (non-hydrogen) atoms. The first-order valence-electron chi connectivity index (χ1n) is 10.00. The Morgan fingerprint density at radius 3 is 2.59 bits per heavy atom. The van der Waals surface area contributed by atoms with E-state index in [2.05, 4.69) is 20.5 Å². The standard InChI is InChI=1S/C22H22ClN5O3S/c1-31-19-8-3-2-7-18(19)27-9-11-28(12-10-27)20(29)17-14-32-22(25-17)26-21(30)24-16-6-4-5-15(23)13-16/h2-8,13-14H,9-12H2,1H3,(H2,24,25,26,30). The maximum atomic E-state index is 12.9. The summed E-state index contributed by atoms with van der Waals surface area (Å²) in [5.74, 6) is 0.669. The van der Waals surface area contributed by atoms with Gasteiger partial charge in [0.25, 0.3) is 5.91 Å². The molecule has 0 atom stereocenters. The van der Waals surface area contributed by atoms with Crippen LogP contribution < -0.4 is 20.3 Å². The molecule has 2 aromatic carbocycles. The van der Waals surface area contributed by atoms with Crippen LogP contribution in [0.15, 0.2) is 53.9 Å². The molecule has 1 saturated heterocycles. The van der Waals surface area contributed by atoms with E-state index in [1.165, 1.54) is 11.3 Å². The van der Waals surface area contributed by atoms with Crippen LogP contribution in [0.4, 0.5) is 21.3 Å². The van der Waals surface area contributed by atoms with Gasteiger partial charge in [-0.15, -0.1) is 11.3 Å². The smallest absolute Gasteiger partial charge is 0.325 e. The van der Waals surface area contributed by atoms with Gasteiger partial charge in [0.1, 0.15) is 11.4 Å². The Labute approximate surface area is 194 Å². The van der Waals surface area contributed by atoms with E-state index < -0.39 is 6.03 Å². The fraction of sp³-hybridized carbons (Fsp3) is 0.227. The van der Waals surface area contributed by atoms with Crippen molar-refractivity contribution in [1.82, 2.24) is 9.88 Å². The molecular weight excluding hydrogens is 450 g/mol. The molecule has 0 bridgehead atoms. The van der Waals surface area contributed by atoms with Crippen LogP contribution in [-0.4, -0.2) is 55.1 Å². The van der Waals surface area contributed by atoms with E-state index in [0.29, 0.717) is 47.7 Å². The van der Waals surface area contributed by atoms with Gasteiger partial charge in [0.05, 0.1) is 12.8 Å². The van der Waals surface area contributed by atoms with Crippen LogP contribution in [0.3, 0.4) is 0 Å². The highest BCUT2D eigenvalue weighted by molar-refractivity contribution is 7.14. The van der Waals surface area contributed by atoms with Crippen molar-refractivity contribution in [3.63, 3.8) is 0 Å². The number of piperazine rings is 1. The molecule has 4 rings (SSSR count). The number of methoxy groups -OCH3 is 1. The average molecular weight is 472 g/mol. The van der Waals surface area contributed by atoms with Crippen LogP contribution in [0.5, 0.6) is 5.75 Å². The summed E-state index contributed by atoms with van der Waals surface area (Å²) in [5.41, 5.74) is 1.91. The molecule has 3 amide bonds. The predicted molar refractivity (Wildman–Crippen MR) is 127 cm³/mol. The van der Waals surface area contributed by atoms with E-state index in [1.807, 2.05) is 24.3 Å². The highest BCUT2D eigenvalue weighted by Crippen LogP contribution is 2.28. The Morgan fingerprint density at radius 2 is 1.84 bits per heavy atom. The van der Waals surface area contributed by atoms with Gasteiger partial charge in [-0.2, -0.15) is 0 Å². The van der Waals surface area contributed by atoms with Crippen LogP contribution in [-0.2, 0) is 0 Å². The molecule has 2 heterocycles. The Kier molecular flexibility index (Phi) is 6.77. The minimum Gasteiger partial charge on any atom is -0.495 e. The topological polar surface area (TPSA) is 86.8 Å². The van der Waals surface area contributed by atoms with Crippen molar-refractivity contribution >= 4 is 51.4 Å². The summed E-state index contributed by atoms with van der Waals surface area (Å²) in [6, 6.07) is 14.2. The molecule has 10 heteroatoms. The lowest BCUT2D eigenvalue weighted by molar-refractivity contribution is 0.0741. The summed E-state index contributed by atoms with van der Waals surface area (Å²) in [7, 11) is 1.65. The molecule has 1 aliphatic rings. The van der Waals surface area contributed by atoms with E-state index in [-0.39, 0.29) is 5.91 Å². The van der Waals surface area contributed by atoms with Gasteiger partial charge in [-0.1, -0.05) is 29.8 Å². The summed E-state index contributed by atoms with van der Waals surface area (Å²) in [6.45, 7) is 2.55. The highest BCUT2D eigenvalue weighted by Gasteiger charge is 2.25. The zero-order valence-corrected chi connectivity index (χ0v) is 18.9. The first-order valence-corrected chi connectivity index (χ1v) is 11.3. The third-order valence-corrected chi connectivity index (χ3v) is 6.01. The van der Waals surface area contributed by atoms with Gasteiger partial charge in [-0.25, -0.2) is 9.78 Å². The zero-order chi connectivity index (χ0) is 22.5. The normalized spacial score (nSPS) is 13.6. The number of carbonyl (C=O) groups is 2. The Hall–Kier alpha value is -3.30. The van der Waals surface area contributed by atoms with Gasteiger partial charge in [0.2, 0.25) is 0 Å². The molecule has 0 aliphatic carbocycles. The second-order valence-electron chi connectivity index (χ2n) is 7.08. The monoisotopic (exact) mass is 471 g/mol. The number of hydrogen-bond acceptors (Lipinski definition) is 6. The first-order chi connectivity index (χ1) is 15.5. The van der Waals surface area contributed by atoms with Crippen LogP contribution in [0.25, 0.3) is 0 Å². The molecule has 0 spiro atoms. The van der Waals surface area contributed by atoms with Gasteiger partial charge >= 0.3 is 6.03 Å². The fourth-order valence-electron chi connectivity index (χ4n) is 3.46. The van der Waals surface area contributed by atoms with Crippen molar-refractivity contribution in [2.75, 3.05) is 48.8 Å². The zero-order valence-electron chi connectivity index (χ0n) is 17.4. The molecule has 3 aromatic rings. The second kappa shape index (κ2) is 9.88. The fourth-order valence-corrected chi connectivity index (χ4v) is 4.33. The molecule has 0 saturated carbocycles. The lowest BCUT2D eigenvalue weighted by atomic mass is 10.2. The van der Waals surface area contributed by atoms with Crippen LogP contribution in [0.2, 0.25) is 5.02 Å². The van der Waals surface area contributed by atoms with Gasteiger partial charge in [-0.05, 0) is 30.3 Å². The SMILES string of the molecule is COc1ccccc1N1CCN(C(=O)c2csc(NC(=O)Nc3cccc(Cl)c3)n2)CC1. The molecule has 8 nitrogen and oxygen atoms in total. The molecule has 1 fully saturated rings. The van der Waals surface area contributed by atoms with Crippen molar-refractivity contribution in [2.45, 2.75) is 0 Å². The number of nitrogens with one attached hydrogen (secondary N) is 2. The van der Waals surface area contributed by atoms with Gasteiger partial charge in [0.15, 0.2) is 5.13 Å². The number of anilines is 3. The van der Waals surface area contributed by atoms with Crippen LogP contribution in [0, 0.1) is 0 Å². The van der Waals surface area contributed by atoms with Crippen molar-refractivity contribution in [1.29, 1.82) is 0 Å². The van der Waals surface area contributed by atoms with E-state index in [9.17, 15) is 9.59 Å². The summed E-state index contributed by atoms with van der Waals surface area (Å²) in [5, 5.41) is 7.86. The number of thiazole rings is 1. The number of halogens is 1. The maximum absolute atomic E-state index is 12.9. The number of amides is 3. The molecule has 1 aromatic heterocycles. The molecule has 1 aliphatic heterocycles. The third kappa shape index (κ3) is 5.12. The number of benzene rings is 2. The highest BCUT2D eigenvalue weighted by atomic mass is 35.5.